The van der Waals surface area contributed by atoms with E-state index in [1.165, 1.54) is 0 Å². The summed E-state index contributed by atoms with van der Waals surface area (Å²) >= 11 is 4.89. The van der Waals surface area contributed by atoms with E-state index in [1.54, 1.807) is 6.20 Å². The van der Waals surface area contributed by atoms with E-state index in [0.29, 0.717) is 0 Å². The van der Waals surface area contributed by atoms with Gasteiger partial charge >= 0.3 is 0 Å². The van der Waals surface area contributed by atoms with Crippen LogP contribution in [0.25, 0.3) is 0 Å². The van der Waals surface area contributed by atoms with Crippen LogP contribution in [-0.2, 0) is 0 Å². The Morgan fingerprint density at radius 3 is 2.91 bits per heavy atom. The first-order valence-electron chi connectivity index (χ1n) is 3.39. The summed E-state index contributed by atoms with van der Waals surface area (Å²) in [6.07, 6.45) is 1.76. The minimum atomic E-state index is 0.774. The maximum atomic E-state index is 4.89. The van der Waals surface area contributed by atoms with Gasteiger partial charge in [0.2, 0.25) is 0 Å². The van der Waals surface area contributed by atoms with Crippen LogP contribution in [0.1, 0.15) is 12.6 Å². The highest BCUT2D eigenvalue weighted by Gasteiger charge is 1.91. The molecule has 0 atom stereocenters. The molecule has 58 valence electrons. The summed E-state index contributed by atoms with van der Waals surface area (Å²) in [5.74, 6) is 0. The van der Waals surface area contributed by atoms with Crippen LogP contribution in [0.15, 0.2) is 18.3 Å². The van der Waals surface area contributed by atoms with Gasteiger partial charge in [-0.1, -0.05) is 12.2 Å². The highest BCUT2D eigenvalue weighted by molar-refractivity contribution is 7.80. The second kappa shape index (κ2) is 3.44. The van der Waals surface area contributed by atoms with E-state index < -0.39 is 0 Å². The summed E-state index contributed by atoms with van der Waals surface area (Å²) in [6, 6.07) is 3.85. The van der Waals surface area contributed by atoms with E-state index in [-0.39, 0.29) is 0 Å². The second-order valence-electron chi connectivity index (χ2n) is 2.37. The van der Waals surface area contributed by atoms with Gasteiger partial charge in [0.05, 0.1) is 4.99 Å². The zero-order valence-electron chi connectivity index (χ0n) is 6.59. The first-order chi connectivity index (χ1) is 5.18. The summed E-state index contributed by atoms with van der Waals surface area (Å²) in [7, 11) is 0. The lowest BCUT2D eigenvalue weighted by Gasteiger charge is -2.02. The standard InChI is InChI=1S/C8H10N2S/c1-6-5-8(3-4-9-6)10-7(2)11/h3-5H,1-2H3,(H,9,10,11). The first-order valence-corrected chi connectivity index (χ1v) is 3.79. The summed E-state index contributed by atoms with van der Waals surface area (Å²) in [6.45, 7) is 3.80. The van der Waals surface area contributed by atoms with Gasteiger partial charge in [0.1, 0.15) is 0 Å². The molecule has 0 saturated heterocycles. The number of hydrogen-bond acceptors (Lipinski definition) is 2. The molecule has 1 aromatic rings. The molecule has 0 saturated carbocycles. The normalized spacial score (nSPS) is 9.27. The number of nitrogens with zero attached hydrogens (tertiary/aromatic N) is 1. The van der Waals surface area contributed by atoms with Crippen molar-refractivity contribution in [3.05, 3.63) is 24.0 Å². The highest BCUT2D eigenvalue weighted by atomic mass is 32.1. The molecule has 0 fully saturated rings. The van der Waals surface area contributed by atoms with Gasteiger partial charge in [0.15, 0.2) is 0 Å². The Hall–Kier alpha value is -0.960. The van der Waals surface area contributed by atoms with Crippen molar-refractivity contribution < 1.29 is 0 Å². The summed E-state index contributed by atoms with van der Waals surface area (Å²) in [4.78, 5) is 4.84. The fraction of sp³-hybridized carbons (Fsp3) is 0.250. The minimum absolute atomic E-state index is 0.774. The fourth-order valence-electron chi connectivity index (χ4n) is 0.827. The lowest BCUT2D eigenvalue weighted by molar-refractivity contribution is 1.20. The van der Waals surface area contributed by atoms with Gasteiger partial charge in [-0.05, 0) is 26.0 Å². The number of anilines is 1. The van der Waals surface area contributed by atoms with Gasteiger partial charge in [-0.2, -0.15) is 0 Å². The lowest BCUT2D eigenvalue weighted by atomic mass is 10.3. The average Bonchev–Trinajstić information content (AvgIpc) is 1.85. The minimum Gasteiger partial charge on any atom is -0.350 e. The average molecular weight is 166 g/mol. The van der Waals surface area contributed by atoms with Gasteiger partial charge in [-0.25, -0.2) is 0 Å². The van der Waals surface area contributed by atoms with Crippen LogP contribution in [-0.4, -0.2) is 9.97 Å². The number of thiocarbonyl (C=S) groups is 1. The molecule has 1 aromatic heterocycles. The van der Waals surface area contributed by atoms with Crippen molar-refractivity contribution in [1.82, 2.24) is 4.98 Å². The number of aryl methyl sites for hydroxylation is 1. The molecule has 0 aromatic carbocycles. The molecule has 0 amide bonds. The molecule has 0 bridgehead atoms. The maximum absolute atomic E-state index is 4.89. The third kappa shape index (κ3) is 2.63. The van der Waals surface area contributed by atoms with Crippen LogP contribution in [0.2, 0.25) is 0 Å². The number of aromatic nitrogens is 1. The Labute approximate surface area is 71.7 Å². The first kappa shape index (κ1) is 8.14. The zero-order valence-corrected chi connectivity index (χ0v) is 7.40. The molecule has 1 N–H and O–H groups in total. The van der Waals surface area contributed by atoms with E-state index in [9.17, 15) is 0 Å². The van der Waals surface area contributed by atoms with Crippen LogP contribution in [0.3, 0.4) is 0 Å². The van der Waals surface area contributed by atoms with Gasteiger partial charge in [-0.15, -0.1) is 0 Å². The summed E-state index contributed by atoms with van der Waals surface area (Å²) in [5.41, 5.74) is 2.00. The number of rotatable bonds is 1. The van der Waals surface area contributed by atoms with E-state index >= 15 is 0 Å². The molecule has 1 rings (SSSR count). The Kier molecular flexibility index (Phi) is 2.54. The van der Waals surface area contributed by atoms with E-state index in [4.69, 9.17) is 12.2 Å². The Morgan fingerprint density at radius 1 is 1.64 bits per heavy atom. The molecule has 0 unspecified atom stereocenters. The molecule has 0 radical (unpaired) electrons. The van der Waals surface area contributed by atoms with Crippen molar-refractivity contribution in [2.75, 3.05) is 5.32 Å². The quantitative estimate of drug-likeness (QED) is 0.647. The van der Waals surface area contributed by atoms with Crippen molar-refractivity contribution >= 4 is 22.9 Å². The van der Waals surface area contributed by atoms with Crippen molar-refractivity contribution in [3.63, 3.8) is 0 Å². The predicted octanol–water partition coefficient (Wildman–Crippen LogP) is 2.15. The van der Waals surface area contributed by atoms with E-state index in [1.807, 2.05) is 26.0 Å². The Balaban J connectivity index is 2.79. The molecule has 0 spiro atoms. The lowest BCUT2D eigenvalue weighted by Crippen LogP contribution is -2.03. The monoisotopic (exact) mass is 166 g/mol. The molecule has 11 heavy (non-hydrogen) atoms. The van der Waals surface area contributed by atoms with Crippen LogP contribution >= 0.6 is 12.2 Å². The van der Waals surface area contributed by atoms with Crippen molar-refractivity contribution in [2.45, 2.75) is 13.8 Å². The molecule has 0 aliphatic rings. The molecule has 3 heteroatoms. The molecular formula is C8H10N2S. The summed E-state index contributed by atoms with van der Waals surface area (Å²) < 4.78 is 0. The molecule has 2 nitrogen and oxygen atoms in total. The zero-order chi connectivity index (χ0) is 8.27. The Bertz CT molecular complexity index is 271. The summed E-state index contributed by atoms with van der Waals surface area (Å²) in [5, 5.41) is 3.04. The predicted molar refractivity (Wildman–Crippen MR) is 50.9 cm³/mol. The maximum Gasteiger partial charge on any atom is 0.0765 e. The van der Waals surface area contributed by atoms with Crippen LogP contribution in [0.4, 0.5) is 5.69 Å². The SMILES string of the molecule is CC(=S)Nc1ccnc(C)c1. The van der Waals surface area contributed by atoms with Crippen LogP contribution in [0, 0.1) is 6.92 Å². The van der Waals surface area contributed by atoms with Crippen LogP contribution < -0.4 is 5.32 Å². The topological polar surface area (TPSA) is 24.9 Å². The Morgan fingerprint density at radius 2 is 2.36 bits per heavy atom. The van der Waals surface area contributed by atoms with Crippen molar-refractivity contribution in [3.8, 4) is 0 Å². The number of pyridine rings is 1. The van der Waals surface area contributed by atoms with Gasteiger partial charge in [0.25, 0.3) is 0 Å². The molecule has 0 aliphatic heterocycles. The van der Waals surface area contributed by atoms with Crippen LogP contribution in [0.5, 0.6) is 0 Å². The number of nitrogens with one attached hydrogen (secondary N) is 1. The van der Waals surface area contributed by atoms with E-state index in [0.717, 1.165) is 16.4 Å². The second-order valence-corrected chi connectivity index (χ2v) is 2.98. The largest absolute Gasteiger partial charge is 0.350 e. The molecule has 0 aliphatic carbocycles. The van der Waals surface area contributed by atoms with Gasteiger partial charge in [0, 0.05) is 17.6 Å². The molecular weight excluding hydrogens is 156 g/mol. The smallest absolute Gasteiger partial charge is 0.0765 e. The van der Waals surface area contributed by atoms with Gasteiger partial charge in [-0.3, -0.25) is 4.98 Å². The highest BCUT2D eigenvalue weighted by Crippen LogP contribution is 2.06. The third-order valence-corrected chi connectivity index (χ3v) is 1.32. The van der Waals surface area contributed by atoms with E-state index in [2.05, 4.69) is 10.3 Å². The van der Waals surface area contributed by atoms with Gasteiger partial charge < -0.3 is 5.32 Å². The fourth-order valence-corrected chi connectivity index (χ4v) is 0.944. The van der Waals surface area contributed by atoms with Crippen molar-refractivity contribution in [2.24, 2.45) is 0 Å². The molecule has 1 heterocycles. The number of hydrogen-bond donors (Lipinski definition) is 1. The third-order valence-electron chi connectivity index (χ3n) is 1.22. The van der Waals surface area contributed by atoms with Crippen molar-refractivity contribution in [1.29, 1.82) is 0 Å².